The molecule has 3 aliphatic rings. The Morgan fingerprint density at radius 1 is 1.25 bits per heavy atom. The normalized spacial score (nSPS) is 27.2. The molecule has 0 radical (unpaired) electrons. The topological polar surface area (TPSA) is 41.1 Å². The van der Waals surface area contributed by atoms with Crippen LogP contribution >= 0.6 is 0 Å². The average molecular weight is 270 g/mol. The first-order valence-electron chi connectivity index (χ1n) is 7.95. The highest BCUT2D eigenvalue weighted by atomic mass is 16.2. The van der Waals surface area contributed by atoms with Crippen LogP contribution in [0.1, 0.15) is 60.8 Å². The average Bonchev–Trinajstić information content (AvgIpc) is 3.23. The largest absolute Gasteiger partial charge is 0.348 e. The van der Waals surface area contributed by atoms with Crippen molar-refractivity contribution in [3.8, 4) is 0 Å². The molecule has 3 nitrogen and oxygen atoms in total. The monoisotopic (exact) mass is 270 g/mol. The number of amides is 1. The van der Waals surface area contributed by atoms with Crippen molar-refractivity contribution in [2.24, 2.45) is 0 Å². The highest BCUT2D eigenvalue weighted by Crippen LogP contribution is 2.47. The number of hydrogen-bond donors (Lipinski definition) is 2. The van der Waals surface area contributed by atoms with Crippen molar-refractivity contribution in [2.45, 2.75) is 56.5 Å². The number of carbonyl (C=O) groups excluding carboxylic acids is 1. The van der Waals surface area contributed by atoms with E-state index in [0.717, 1.165) is 6.42 Å². The van der Waals surface area contributed by atoms with Gasteiger partial charge in [-0.1, -0.05) is 18.2 Å². The molecule has 4 rings (SSSR count). The van der Waals surface area contributed by atoms with E-state index in [2.05, 4.69) is 28.8 Å². The lowest BCUT2D eigenvalue weighted by Gasteiger charge is -2.20. The van der Waals surface area contributed by atoms with Crippen LogP contribution in [0.4, 0.5) is 0 Å². The van der Waals surface area contributed by atoms with Crippen LogP contribution in [0.25, 0.3) is 0 Å². The van der Waals surface area contributed by atoms with Gasteiger partial charge in [-0.05, 0) is 61.1 Å². The predicted octanol–water partition coefficient (Wildman–Crippen LogP) is 2.42. The molecule has 3 aliphatic carbocycles. The van der Waals surface area contributed by atoms with Crippen LogP contribution in [-0.4, -0.2) is 18.5 Å². The van der Waals surface area contributed by atoms with Crippen LogP contribution in [0.15, 0.2) is 18.2 Å². The summed E-state index contributed by atoms with van der Waals surface area (Å²) in [5.41, 5.74) is 4.46. The molecule has 0 unspecified atom stereocenters. The minimum Gasteiger partial charge on any atom is -0.348 e. The Morgan fingerprint density at radius 3 is 3.00 bits per heavy atom. The molecule has 0 spiro atoms. The third kappa shape index (κ3) is 2.24. The third-order valence-electron chi connectivity index (χ3n) is 5.00. The zero-order valence-electron chi connectivity index (χ0n) is 11.8. The van der Waals surface area contributed by atoms with Gasteiger partial charge < -0.3 is 10.6 Å². The van der Waals surface area contributed by atoms with Crippen molar-refractivity contribution in [2.75, 3.05) is 6.54 Å². The fourth-order valence-corrected chi connectivity index (χ4v) is 3.89. The summed E-state index contributed by atoms with van der Waals surface area (Å²) in [6.45, 7) is 0.473. The van der Waals surface area contributed by atoms with Crippen molar-refractivity contribution >= 4 is 5.91 Å². The maximum Gasteiger partial charge on any atom is 0.234 e. The Kier molecular flexibility index (Phi) is 3.03. The van der Waals surface area contributed by atoms with Gasteiger partial charge in [0.15, 0.2) is 0 Å². The SMILES string of the molecule is O=C(CNC1CC1)N[C@H]1C[C@H]2CCCc3cccc1c32. The second-order valence-electron chi connectivity index (χ2n) is 6.52. The molecule has 1 aromatic rings. The van der Waals surface area contributed by atoms with Crippen LogP contribution < -0.4 is 10.6 Å². The second-order valence-corrected chi connectivity index (χ2v) is 6.52. The van der Waals surface area contributed by atoms with Gasteiger partial charge in [0.1, 0.15) is 0 Å². The highest BCUT2D eigenvalue weighted by Gasteiger charge is 2.35. The van der Waals surface area contributed by atoms with E-state index in [4.69, 9.17) is 0 Å². The first kappa shape index (κ1) is 12.4. The molecule has 0 aromatic heterocycles. The lowest BCUT2D eigenvalue weighted by molar-refractivity contribution is -0.121. The van der Waals surface area contributed by atoms with E-state index in [9.17, 15) is 4.79 Å². The van der Waals surface area contributed by atoms with Gasteiger partial charge in [-0.15, -0.1) is 0 Å². The zero-order valence-corrected chi connectivity index (χ0v) is 11.8. The summed E-state index contributed by atoms with van der Waals surface area (Å²) < 4.78 is 0. The van der Waals surface area contributed by atoms with Crippen molar-refractivity contribution in [1.82, 2.24) is 10.6 Å². The first-order chi connectivity index (χ1) is 9.81. The van der Waals surface area contributed by atoms with Crippen molar-refractivity contribution in [1.29, 1.82) is 0 Å². The molecule has 1 fully saturated rings. The summed E-state index contributed by atoms with van der Waals surface area (Å²) in [4.78, 5) is 12.1. The van der Waals surface area contributed by atoms with E-state index >= 15 is 0 Å². The summed E-state index contributed by atoms with van der Waals surface area (Å²) >= 11 is 0. The van der Waals surface area contributed by atoms with Crippen LogP contribution in [0.5, 0.6) is 0 Å². The van der Waals surface area contributed by atoms with Crippen molar-refractivity contribution in [3.63, 3.8) is 0 Å². The fraction of sp³-hybridized carbons (Fsp3) is 0.588. The Hall–Kier alpha value is -1.35. The van der Waals surface area contributed by atoms with E-state index in [-0.39, 0.29) is 11.9 Å². The molecule has 106 valence electrons. The molecule has 0 bridgehead atoms. The number of rotatable bonds is 4. The highest BCUT2D eigenvalue weighted by molar-refractivity contribution is 5.79. The van der Waals surface area contributed by atoms with E-state index < -0.39 is 0 Å². The van der Waals surface area contributed by atoms with Gasteiger partial charge in [-0.2, -0.15) is 0 Å². The summed E-state index contributed by atoms with van der Waals surface area (Å²) in [6.07, 6.45) is 7.35. The number of benzene rings is 1. The van der Waals surface area contributed by atoms with Gasteiger partial charge in [0, 0.05) is 6.04 Å². The maximum absolute atomic E-state index is 12.1. The van der Waals surface area contributed by atoms with Crippen LogP contribution in [0.2, 0.25) is 0 Å². The molecular formula is C17H22N2O. The summed E-state index contributed by atoms with van der Waals surface area (Å²) in [5, 5.41) is 6.53. The molecule has 1 aromatic carbocycles. The van der Waals surface area contributed by atoms with Gasteiger partial charge in [0.2, 0.25) is 5.91 Å². The molecule has 2 N–H and O–H groups in total. The van der Waals surface area contributed by atoms with Gasteiger partial charge in [0.25, 0.3) is 0 Å². The Morgan fingerprint density at radius 2 is 2.15 bits per heavy atom. The molecule has 20 heavy (non-hydrogen) atoms. The summed E-state index contributed by atoms with van der Waals surface area (Å²) in [5.74, 6) is 0.829. The predicted molar refractivity (Wildman–Crippen MR) is 78.6 cm³/mol. The van der Waals surface area contributed by atoms with Crippen molar-refractivity contribution in [3.05, 3.63) is 34.9 Å². The Labute approximate surface area is 120 Å². The maximum atomic E-state index is 12.1. The molecular weight excluding hydrogens is 248 g/mol. The third-order valence-corrected chi connectivity index (χ3v) is 5.00. The molecule has 0 aliphatic heterocycles. The lowest BCUT2D eigenvalue weighted by atomic mass is 9.84. The van der Waals surface area contributed by atoms with Crippen LogP contribution in [-0.2, 0) is 11.2 Å². The molecule has 1 amide bonds. The van der Waals surface area contributed by atoms with Gasteiger partial charge in [-0.25, -0.2) is 0 Å². The molecule has 2 atom stereocenters. The Bertz CT molecular complexity index is 536. The Balaban J connectivity index is 1.48. The number of hydrogen-bond acceptors (Lipinski definition) is 2. The first-order valence-corrected chi connectivity index (χ1v) is 7.95. The minimum absolute atomic E-state index is 0.151. The van der Waals surface area contributed by atoms with E-state index in [1.165, 1.54) is 43.2 Å². The van der Waals surface area contributed by atoms with E-state index in [1.807, 2.05) is 0 Å². The van der Waals surface area contributed by atoms with Gasteiger partial charge in [0.05, 0.1) is 12.6 Å². The lowest BCUT2D eigenvalue weighted by Crippen LogP contribution is -2.36. The quantitative estimate of drug-likeness (QED) is 0.882. The molecule has 0 heterocycles. The zero-order chi connectivity index (χ0) is 13.5. The molecule has 1 saturated carbocycles. The number of nitrogens with one attached hydrogen (secondary N) is 2. The van der Waals surface area contributed by atoms with Gasteiger partial charge >= 0.3 is 0 Å². The van der Waals surface area contributed by atoms with E-state index in [0.29, 0.717) is 18.5 Å². The molecule has 0 saturated heterocycles. The summed E-state index contributed by atoms with van der Waals surface area (Å²) in [7, 11) is 0. The smallest absolute Gasteiger partial charge is 0.234 e. The fourth-order valence-electron chi connectivity index (χ4n) is 3.89. The van der Waals surface area contributed by atoms with Crippen LogP contribution in [0.3, 0.4) is 0 Å². The number of carbonyl (C=O) groups is 1. The molecule has 3 heteroatoms. The van der Waals surface area contributed by atoms with E-state index in [1.54, 1.807) is 5.56 Å². The van der Waals surface area contributed by atoms with Crippen LogP contribution in [0, 0.1) is 0 Å². The minimum atomic E-state index is 0.151. The summed E-state index contributed by atoms with van der Waals surface area (Å²) in [6, 6.07) is 7.47. The van der Waals surface area contributed by atoms with Crippen molar-refractivity contribution < 1.29 is 4.79 Å². The standard InChI is InChI=1S/C17H22N2O/c20-16(10-18-13-7-8-13)19-15-9-12-5-1-3-11-4-2-6-14(15)17(11)12/h2,4,6,12-13,15,18H,1,3,5,7-10H2,(H,19,20)/t12-,15+/m1/s1. The second kappa shape index (κ2) is 4.88. The number of aryl methyl sites for hydroxylation is 1. The van der Waals surface area contributed by atoms with Gasteiger partial charge in [-0.3, -0.25) is 4.79 Å².